The van der Waals surface area contributed by atoms with E-state index >= 15 is 0 Å². The normalized spacial score (nSPS) is 13.7. The van der Waals surface area contributed by atoms with Gasteiger partial charge in [-0.15, -0.1) is 0 Å². The van der Waals surface area contributed by atoms with Gasteiger partial charge in [-0.3, -0.25) is 9.59 Å². The molecule has 1 saturated heterocycles. The standard InChI is InChI=1S/C24H26N4O4/c1-31-20-8-6-19(7-9-20)26-12-14-27(15-13-26)24(30)17-28-23(29)11-10-22(25-28)18-4-3-5-21(16-18)32-2/h3-11,16H,12-15,17H2,1-2H3. The molecule has 0 aliphatic carbocycles. The van der Waals surface area contributed by atoms with Crippen LogP contribution in [0.4, 0.5) is 5.69 Å². The summed E-state index contributed by atoms with van der Waals surface area (Å²) in [5.41, 5.74) is 2.22. The first kappa shape index (κ1) is 21.4. The average molecular weight is 434 g/mol. The number of amides is 1. The van der Waals surface area contributed by atoms with Crippen LogP contribution in [0.3, 0.4) is 0 Å². The van der Waals surface area contributed by atoms with Gasteiger partial charge in [0.1, 0.15) is 18.0 Å². The summed E-state index contributed by atoms with van der Waals surface area (Å²) >= 11 is 0. The molecule has 8 nitrogen and oxygen atoms in total. The molecule has 1 aliphatic heterocycles. The first-order chi connectivity index (χ1) is 15.6. The lowest BCUT2D eigenvalue weighted by Crippen LogP contribution is -2.50. The molecule has 1 amide bonds. The molecule has 1 fully saturated rings. The van der Waals surface area contributed by atoms with Crippen LogP contribution in [0.2, 0.25) is 0 Å². The fraction of sp³-hybridized carbons (Fsp3) is 0.292. The molecule has 8 heteroatoms. The fourth-order valence-corrected chi connectivity index (χ4v) is 3.73. The van der Waals surface area contributed by atoms with Crippen molar-refractivity contribution in [3.8, 4) is 22.8 Å². The highest BCUT2D eigenvalue weighted by atomic mass is 16.5. The number of benzene rings is 2. The zero-order valence-corrected chi connectivity index (χ0v) is 18.2. The van der Waals surface area contributed by atoms with Crippen LogP contribution in [0.25, 0.3) is 11.3 Å². The Kier molecular flexibility index (Phi) is 6.39. The van der Waals surface area contributed by atoms with E-state index in [1.807, 2.05) is 48.5 Å². The molecule has 4 rings (SSSR count). The molecule has 0 spiro atoms. The quantitative estimate of drug-likeness (QED) is 0.593. The first-order valence-electron chi connectivity index (χ1n) is 10.5. The Morgan fingerprint density at radius 1 is 0.906 bits per heavy atom. The third kappa shape index (κ3) is 4.74. The largest absolute Gasteiger partial charge is 0.497 e. The van der Waals surface area contributed by atoms with E-state index in [-0.39, 0.29) is 18.0 Å². The van der Waals surface area contributed by atoms with Gasteiger partial charge in [0.25, 0.3) is 5.56 Å². The highest BCUT2D eigenvalue weighted by Gasteiger charge is 2.22. The zero-order valence-electron chi connectivity index (χ0n) is 18.2. The van der Waals surface area contributed by atoms with Crippen molar-refractivity contribution in [1.29, 1.82) is 0 Å². The highest BCUT2D eigenvalue weighted by Crippen LogP contribution is 2.22. The van der Waals surface area contributed by atoms with Gasteiger partial charge in [-0.25, -0.2) is 4.68 Å². The molecule has 0 atom stereocenters. The van der Waals surface area contributed by atoms with Gasteiger partial charge < -0.3 is 19.3 Å². The second-order valence-corrected chi connectivity index (χ2v) is 7.51. The summed E-state index contributed by atoms with van der Waals surface area (Å²) in [4.78, 5) is 29.2. The Hall–Kier alpha value is -3.81. The van der Waals surface area contributed by atoms with Crippen LogP contribution >= 0.6 is 0 Å². The van der Waals surface area contributed by atoms with Gasteiger partial charge >= 0.3 is 0 Å². The van der Waals surface area contributed by atoms with E-state index in [0.717, 1.165) is 30.1 Å². The molecule has 2 aromatic carbocycles. The minimum absolute atomic E-state index is 0.0841. The van der Waals surface area contributed by atoms with Crippen LogP contribution in [0.15, 0.2) is 65.5 Å². The molecule has 0 saturated carbocycles. The van der Waals surface area contributed by atoms with E-state index in [1.54, 1.807) is 25.2 Å². The Bertz CT molecular complexity index is 1140. The van der Waals surface area contributed by atoms with Crippen molar-refractivity contribution >= 4 is 11.6 Å². The number of carbonyl (C=O) groups is 1. The summed E-state index contributed by atoms with van der Waals surface area (Å²) in [5, 5.41) is 4.41. The number of hydrogen-bond acceptors (Lipinski definition) is 6. The summed E-state index contributed by atoms with van der Waals surface area (Å²) in [6, 6.07) is 18.4. The molecule has 3 aromatic rings. The second-order valence-electron chi connectivity index (χ2n) is 7.51. The highest BCUT2D eigenvalue weighted by molar-refractivity contribution is 5.76. The predicted octanol–water partition coefficient (Wildman–Crippen LogP) is 2.28. The van der Waals surface area contributed by atoms with E-state index in [2.05, 4.69) is 10.00 Å². The molecule has 1 aromatic heterocycles. The van der Waals surface area contributed by atoms with E-state index in [4.69, 9.17) is 9.47 Å². The van der Waals surface area contributed by atoms with Crippen LogP contribution in [0.1, 0.15) is 0 Å². The van der Waals surface area contributed by atoms with Crippen molar-refractivity contribution in [2.45, 2.75) is 6.54 Å². The molecule has 0 unspecified atom stereocenters. The van der Waals surface area contributed by atoms with Crippen molar-refractivity contribution in [2.75, 3.05) is 45.3 Å². The van der Waals surface area contributed by atoms with Crippen molar-refractivity contribution in [1.82, 2.24) is 14.7 Å². The lowest BCUT2D eigenvalue weighted by molar-refractivity contribution is -0.132. The Balaban J connectivity index is 1.41. The van der Waals surface area contributed by atoms with Gasteiger partial charge in [0.2, 0.25) is 5.91 Å². The summed E-state index contributed by atoms with van der Waals surface area (Å²) in [5.74, 6) is 1.40. The number of carbonyl (C=O) groups excluding carboxylic acids is 1. The van der Waals surface area contributed by atoms with E-state index in [1.165, 1.54) is 10.7 Å². The maximum atomic E-state index is 12.9. The van der Waals surface area contributed by atoms with E-state index in [0.29, 0.717) is 24.5 Å². The maximum absolute atomic E-state index is 12.9. The van der Waals surface area contributed by atoms with Crippen molar-refractivity contribution in [3.05, 3.63) is 71.0 Å². The molecule has 2 heterocycles. The Morgan fingerprint density at radius 2 is 1.62 bits per heavy atom. The van der Waals surface area contributed by atoms with Crippen LogP contribution in [0, 0.1) is 0 Å². The monoisotopic (exact) mass is 434 g/mol. The molecule has 166 valence electrons. The molecule has 32 heavy (non-hydrogen) atoms. The smallest absolute Gasteiger partial charge is 0.267 e. The number of rotatable bonds is 6. The number of ether oxygens (including phenoxy) is 2. The number of piperazine rings is 1. The van der Waals surface area contributed by atoms with Gasteiger partial charge in [0.05, 0.1) is 19.9 Å². The number of hydrogen-bond donors (Lipinski definition) is 0. The first-order valence-corrected chi connectivity index (χ1v) is 10.5. The fourth-order valence-electron chi connectivity index (χ4n) is 3.73. The van der Waals surface area contributed by atoms with Crippen LogP contribution in [0.5, 0.6) is 11.5 Å². The summed E-state index contributed by atoms with van der Waals surface area (Å²) < 4.78 is 11.7. The summed E-state index contributed by atoms with van der Waals surface area (Å²) in [7, 11) is 3.24. The van der Waals surface area contributed by atoms with Gasteiger partial charge in [-0.2, -0.15) is 5.10 Å². The Labute approximate surface area is 186 Å². The predicted molar refractivity (Wildman–Crippen MR) is 122 cm³/mol. The van der Waals surface area contributed by atoms with Gasteiger partial charge in [-0.05, 0) is 42.5 Å². The number of anilines is 1. The topological polar surface area (TPSA) is 76.9 Å². The zero-order chi connectivity index (χ0) is 22.5. The minimum Gasteiger partial charge on any atom is -0.497 e. The van der Waals surface area contributed by atoms with Crippen LogP contribution in [-0.2, 0) is 11.3 Å². The Morgan fingerprint density at radius 3 is 2.31 bits per heavy atom. The van der Waals surface area contributed by atoms with E-state index < -0.39 is 0 Å². The second kappa shape index (κ2) is 9.55. The van der Waals surface area contributed by atoms with E-state index in [9.17, 15) is 9.59 Å². The van der Waals surface area contributed by atoms with Gasteiger partial charge in [0.15, 0.2) is 0 Å². The molecular formula is C24H26N4O4. The molecule has 0 N–H and O–H groups in total. The van der Waals surface area contributed by atoms with Gasteiger partial charge in [-0.1, -0.05) is 12.1 Å². The maximum Gasteiger partial charge on any atom is 0.267 e. The lowest BCUT2D eigenvalue weighted by atomic mass is 10.1. The number of aromatic nitrogens is 2. The summed E-state index contributed by atoms with van der Waals surface area (Å²) in [6.45, 7) is 2.55. The van der Waals surface area contributed by atoms with Crippen LogP contribution in [-0.4, -0.2) is 61.0 Å². The average Bonchev–Trinajstić information content (AvgIpc) is 2.85. The van der Waals surface area contributed by atoms with Crippen molar-refractivity contribution in [3.63, 3.8) is 0 Å². The third-order valence-electron chi connectivity index (χ3n) is 5.59. The molecule has 1 aliphatic rings. The van der Waals surface area contributed by atoms with Crippen molar-refractivity contribution in [2.24, 2.45) is 0 Å². The molecular weight excluding hydrogens is 408 g/mol. The van der Waals surface area contributed by atoms with Gasteiger partial charge in [0, 0.05) is 43.5 Å². The number of nitrogens with zero attached hydrogens (tertiary/aromatic N) is 4. The SMILES string of the molecule is COc1ccc(N2CCN(C(=O)Cn3nc(-c4cccc(OC)c4)ccc3=O)CC2)cc1. The number of methoxy groups -OCH3 is 2. The lowest BCUT2D eigenvalue weighted by Gasteiger charge is -2.36. The van der Waals surface area contributed by atoms with Crippen LogP contribution < -0.4 is 19.9 Å². The summed E-state index contributed by atoms with van der Waals surface area (Å²) in [6.07, 6.45) is 0. The van der Waals surface area contributed by atoms with Crippen molar-refractivity contribution < 1.29 is 14.3 Å². The minimum atomic E-state index is -0.304. The molecule has 0 radical (unpaired) electrons. The third-order valence-corrected chi connectivity index (χ3v) is 5.59. The molecule has 0 bridgehead atoms.